The molecule has 0 aliphatic carbocycles. The molecular formula is C18H11F6NO4. The molecular weight excluding hydrogens is 408 g/mol. The van der Waals surface area contributed by atoms with Crippen LogP contribution in [-0.4, -0.2) is 31.2 Å². The Morgan fingerprint density at radius 3 is 2.07 bits per heavy atom. The Hall–Kier alpha value is -3.24. The molecule has 0 aromatic heterocycles. The number of anilines is 1. The van der Waals surface area contributed by atoms with Crippen molar-refractivity contribution in [2.45, 2.75) is 12.5 Å². The van der Waals surface area contributed by atoms with E-state index in [2.05, 4.69) is 4.74 Å². The van der Waals surface area contributed by atoms with Crippen molar-refractivity contribution in [1.29, 1.82) is 0 Å². The number of ketones is 1. The van der Waals surface area contributed by atoms with Crippen molar-refractivity contribution < 1.29 is 45.4 Å². The first-order valence-electron chi connectivity index (χ1n) is 8.02. The van der Waals surface area contributed by atoms with Gasteiger partial charge in [-0.05, 0) is 42.5 Å². The minimum absolute atomic E-state index is 0.0885. The number of fused-ring (bicyclic) bond motifs is 1. The molecule has 1 aliphatic heterocycles. The summed E-state index contributed by atoms with van der Waals surface area (Å²) in [6.45, 7) is -0.303. The number of Topliss-reactive ketones (excluding diaryl/α,β-unsaturated/α-hetero) is 1. The van der Waals surface area contributed by atoms with Gasteiger partial charge in [-0.3, -0.25) is 9.59 Å². The highest BCUT2D eigenvalue weighted by molar-refractivity contribution is 6.52. The highest BCUT2D eigenvalue weighted by Gasteiger charge is 2.37. The van der Waals surface area contributed by atoms with Crippen molar-refractivity contribution in [2.24, 2.45) is 0 Å². The molecule has 2 aromatic rings. The van der Waals surface area contributed by atoms with Crippen LogP contribution in [0.5, 0.6) is 11.5 Å². The normalized spacial score (nSPS) is 14.2. The lowest BCUT2D eigenvalue weighted by atomic mass is 10.1. The fourth-order valence-corrected chi connectivity index (χ4v) is 2.69. The highest BCUT2D eigenvalue weighted by atomic mass is 19.4. The second-order valence-electron chi connectivity index (χ2n) is 5.88. The zero-order chi connectivity index (χ0) is 21.4. The van der Waals surface area contributed by atoms with E-state index in [1.54, 1.807) is 0 Å². The summed E-state index contributed by atoms with van der Waals surface area (Å²) in [6, 6.07) is 6.79. The third-order valence-electron chi connectivity index (χ3n) is 3.94. The number of alkyl halides is 6. The molecule has 5 nitrogen and oxygen atoms in total. The van der Waals surface area contributed by atoms with E-state index in [4.69, 9.17) is 4.74 Å². The zero-order valence-electron chi connectivity index (χ0n) is 14.3. The first-order valence-corrected chi connectivity index (χ1v) is 8.02. The van der Waals surface area contributed by atoms with E-state index >= 15 is 0 Å². The number of benzene rings is 2. The molecule has 29 heavy (non-hydrogen) atoms. The van der Waals surface area contributed by atoms with Crippen LogP contribution in [-0.2, 0) is 11.0 Å². The fraction of sp³-hybridized carbons (Fsp3) is 0.222. The molecule has 0 fully saturated rings. The van der Waals surface area contributed by atoms with Crippen LogP contribution in [0, 0.1) is 0 Å². The van der Waals surface area contributed by atoms with Gasteiger partial charge in [0.05, 0.1) is 23.4 Å². The second kappa shape index (κ2) is 7.30. The van der Waals surface area contributed by atoms with Crippen molar-refractivity contribution in [2.75, 3.05) is 18.1 Å². The van der Waals surface area contributed by atoms with Gasteiger partial charge in [0.15, 0.2) is 0 Å². The predicted octanol–water partition coefficient (Wildman–Crippen LogP) is 4.21. The average molecular weight is 419 g/mol. The van der Waals surface area contributed by atoms with Crippen molar-refractivity contribution >= 4 is 17.4 Å². The summed E-state index contributed by atoms with van der Waals surface area (Å²) in [6.07, 6.45) is -9.44. The monoisotopic (exact) mass is 419 g/mol. The Kier molecular flexibility index (Phi) is 5.16. The van der Waals surface area contributed by atoms with Crippen molar-refractivity contribution in [3.8, 4) is 11.5 Å². The van der Waals surface area contributed by atoms with E-state index in [0.717, 1.165) is 47.4 Å². The predicted molar refractivity (Wildman–Crippen MR) is 86.7 cm³/mol. The van der Waals surface area contributed by atoms with E-state index < -0.39 is 35.5 Å². The van der Waals surface area contributed by atoms with Crippen molar-refractivity contribution in [3.05, 3.63) is 53.6 Å². The second-order valence-corrected chi connectivity index (χ2v) is 5.88. The Bertz CT molecular complexity index is 937. The number of hydrogen-bond acceptors (Lipinski definition) is 4. The lowest BCUT2D eigenvalue weighted by Crippen LogP contribution is -2.33. The van der Waals surface area contributed by atoms with Gasteiger partial charge in [0.25, 0.3) is 11.7 Å². The topological polar surface area (TPSA) is 55.8 Å². The molecule has 1 amide bonds. The smallest absolute Gasteiger partial charge is 0.492 e. The quantitative estimate of drug-likeness (QED) is 0.538. The number of hydrogen-bond donors (Lipinski definition) is 0. The molecule has 0 saturated carbocycles. The minimum Gasteiger partial charge on any atom is -0.492 e. The number of amides is 1. The number of halogens is 6. The highest BCUT2D eigenvalue weighted by Crippen LogP contribution is 2.34. The molecule has 2 aromatic carbocycles. The van der Waals surface area contributed by atoms with Crippen LogP contribution >= 0.6 is 0 Å². The maximum absolute atomic E-state index is 12.5. The van der Waals surface area contributed by atoms with Gasteiger partial charge in [-0.15, -0.1) is 13.2 Å². The average Bonchev–Trinajstić information content (AvgIpc) is 2.85. The van der Waals surface area contributed by atoms with Crippen LogP contribution in [0.1, 0.15) is 15.9 Å². The van der Waals surface area contributed by atoms with Crippen molar-refractivity contribution in [1.82, 2.24) is 0 Å². The molecule has 11 heteroatoms. The van der Waals surface area contributed by atoms with Gasteiger partial charge in [-0.2, -0.15) is 13.2 Å². The van der Waals surface area contributed by atoms with Gasteiger partial charge in [-0.1, -0.05) is 0 Å². The summed E-state index contributed by atoms with van der Waals surface area (Å²) < 4.78 is 83.5. The van der Waals surface area contributed by atoms with Crippen LogP contribution in [0.15, 0.2) is 42.5 Å². The molecule has 0 unspecified atom stereocenters. The number of nitrogens with zero attached hydrogens (tertiary/aromatic N) is 1. The maximum Gasteiger partial charge on any atom is 0.573 e. The number of carbonyl (C=O) groups excluding carboxylic acids is 2. The zero-order valence-corrected chi connectivity index (χ0v) is 14.3. The first kappa shape index (κ1) is 20.5. The summed E-state index contributed by atoms with van der Waals surface area (Å²) in [5.41, 5.74) is -1.01. The molecule has 0 spiro atoms. The summed E-state index contributed by atoms with van der Waals surface area (Å²) >= 11 is 0. The van der Waals surface area contributed by atoms with Crippen molar-refractivity contribution in [3.63, 3.8) is 0 Å². The Labute approximate surface area is 159 Å². The number of rotatable bonds is 5. The lowest BCUT2D eigenvalue weighted by molar-refractivity contribution is -0.274. The van der Waals surface area contributed by atoms with E-state index in [0.29, 0.717) is 0 Å². The SMILES string of the molecule is O=C1C(=O)N(CCOc2ccc(C(F)(F)F)cc2)c2ccc(OC(F)(F)F)cc21. The van der Waals surface area contributed by atoms with Gasteiger partial charge in [0.2, 0.25) is 0 Å². The summed E-state index contributed by atoms with van der Waals surface area (Å²) in [7, 11) is 0. The van der Waals surface area contributed by atoms with Gasteiger partial charge < -0.3 is 14.4 Å². The van der Waals surface area contributed by atoms with Gasteiger partial charge in [-0.25, -0.2) is 0 Å². The van der Waals surface area contributed by atoms with Crippen LogP contribution in [0.25, 0.3) is 0 Å². The van der Waals surface area contributed by atoms with Gasteiger partial charge in [0, 0.05) is 0 Å². The Balaban J connectivity index is 1.67. The minimum atomic E-state index is -4.95. The standard InChI is InChI=1S/C18H11F6NO4/c19-17(20,21)10-1-3-11(4-2-10)28-8-7-25-14-6-5-12(29-18(22,23)24)9-13(14)15(26)16(25)27/h1-6,9H,7-8H2. The van der Waals surface area contributed by atoms with Crippen LogP contribution in [0.2, 0.25) is 0 Å². The van der Waals surface area contributed by atoms with E-state index in [-0.39, 0.29) is 30.2 Å². The van der Waals surface area contributed by atoms with Gasteiger partial charge in [0.1, 0.15) is 18.1 Å². The molecule has 0 atom stereocenters. The van der Waals surface area contributed by atoms with E-state index in [1.165, 1.54) is 0 Å². The molecule has 154 valence electrons. The third-order valence-corrected chi connectivity index (χ3v) is 3.94. The molecule has 0 N–H and O–H groups in total. The Morgan fingerprint density at radius 1 is 0.862 bits per heavy atom. The van der Waals surface area contributed by atoms with E-state index in [9.17, 15) is 35.9 Å². The molecule has 0 saturated heterocycles. The number of ether oxygens (including phenoxy) is 2. The lowest BCUT2D eigenvalue weighted by Gasteiger charge is -2.17. The summed E-state index contributed by atoms with van der Waals surface area (Å²) in [5, 5.41) is 0. The van der Waals surface area contributed by atoms with Crippen LogP contribution in [0.4, 0.5) is 32.0 Å². The molecule has 1 aliphatic rings. The number of carbonyl (C=O) groups is 2. The summed E-state index contributed by atoms with van der Waals surface area (Å²) in [4.78, 5) is 25.1. The molecule has 3 rings (SSSR count). The molecule has 0 radical (unpaired) electrons. The first-order chi connectivity index (χ1) is 13.5. The van der Waals surface area contributed by atoms with Gasteiger partial charge >= 0.3 is 12.5 Å². The largest absolute Gasteiger partial charge is 0.573 e. The van der Waals surface area contributed by atoms with Crippen LogP contribution in [0.3, 0.4) is 0 Å². The Morgan fingerprint density at radius 2 is 1.48 bits per heavy atom. The molecule has 0 bridgehead atoms. The fourth-order valence-electron chi connectivity index (χ4n) is 2.69. The molecule has 1 heterocycles. The maximum atomic E-state index is 12.5. The van der Waals surface area contributed by atoms with Crippen LogP contribution < -0.4 is 14.4 Å². The third kappa shape index (κ3) is 4.61. The summed E-state index contributed by atoms with van der Waals surface area (Å²) in [5.74, 6) is -2.48. The van der Waals surface area contributed by atoms with E-state index in [1.807, 2.05) is 0 Å².